The average molecular weight is 391 g/mol. The highest BCUT2D eigenvalue weighted by Crippen LogP contribution is 2.27. The average Bonchev–Trinajstić information content (AvgIpc) is 3.21. The molecule has 3 rings (SSSR count). The van der Waals surface area contributed by atoms with Gasteiger partial charge in [-0.15, -0.1) is 0 Å². The van der Waals surface area contributed by atoms with Crippen molar-refractivity contribution in [2.45, 2.75) is 39.4 Å². The van der Waals surface area contributed by atoms with Crippen LogP contribution in [-0.4, -0.2) is 26.1 Å². The van der Waals surface area contributed by atoms with E-state index in [1.165, 1.54) is 12.3 Å². The van der Waals surface area contributed by atoms with Crippen molar-refractivity contribution in [2.24, 2.45) is 0 Å². The topological polar surface area (TPSA) is 86.5 Å². The summed E-state index contributed by atoms with van der Waals surface area (Å²) in [7, 11) is 0. The molecule has 0 fully saturated rings. The predicted molar refractivity (Wildman–Crippen MR) is 96.8 cm³/mol. The minimum absolute atomic E-state index is 0.275. The zero-order valence-corrected chi connectivity index (χ0v) is 15.6. The Bertz CT molecular complexity index is 972. The molecule has 0 bridgehead atoms. The second-order valence-electron chi connectivity index (χ2n) is 6.71. The van der Waals surface area contributed by atoms with Crippen LogP contribution in [0.4, 0.5) is 13.2 Å². The molecular weight excluding hydrogens is 371 g/mol. The fourth-order valence-electron chi connectivity index (χ4n) is 2.88. The quantitative estimate of drug-likeness (QED) is 0.617. The van der Waals surface area contributed by atoms with E-state index in [2.05, 4.69) is 25.5 Å². The third-order valence-corrected chi connectivity index (χ3v) is 4.50. The number of halogens is 3. The van der Waals surface area contributed by atoms with Crippen molar-refractivity contribution in [3.05, 3.63) is 70.1 Å². The summed E-state index contributed by atoms with van der Waals surface area (Å²) >= 11 is 0. The van der Waals surface area contributed by atoms with Gasteiger partial charge < -0.3 is 10.3 Å². The van der Waals surface area contributed by atoms with Crippen LogP contribution in [0, 0.1) is 13.8 Å². The monoisotopic (exact) mass is 391 g/mol. The number of aryl methyl sites for hydroxylation is 1. The van der Waals surface area contributed by atoms with E-state index in [1.807, 2.05) is 19.9 Å². The van der Waals surface area contributed by atoms with Gasteiger partial charge in [0, 0.05) is 24.5 Å². The Balaban J connectivity index is 1.70. The van der Waals surface area contributed by atoms with Crippen LogP contribution in [0.15, 0.2) is 30.6 Å². The standard InChI is InChI=1S/C19H20F3N5O/c1-10-6-15(27-26-10)12(3)25-18(28)17-11(2)14(9-24-17)7-13-4-5-16(23-8-13)19(20,21)22/h4-6,8-9,12,24H,7H2,1-3H3,(H,25,28)(H,26,27). The summed E-state index contributed by atoms with van der Waals surface area (Å²) in [6.07, 6.45) is -1.20. The van der Waals surface area contributed by atoms with Crippen LogP contribution >= 0.6 is 0 Å². The highest BCUT2D eigenvalue weighted by Gasteiger charge is 2.32. The number of aromatic amines is 2. The molecule has 0 spiro atoms. The lowest BCUT2D eigenvalue weighted by atomic mass is 10.0. The summed E-state index contributed by atoms with van der Waals surface area (Å²) in [5, 5.41) is 9.84. The summed E-state index contributed by atoms with van der Waals surface area (Å²) in [6, 6.07) is 3.93. The van der Waals surface area contributed by atoms with Gasteiger partial charge in [-0.3, -0.25) is 14.9 Å². The van der Waals surface area contributed by atoms with Crippen LogP contribution in [0.5, 0.6) is 0 Å². The highest BCUT2D eigenvalue weighted by atomic mass is 19.4. The minimum atomic E-state index is -4.46. The minimum Gasteiger partial charge on any atom is -0.357 e. The molecule has 0 saturated carbocycles. The van der Waals surface area contributed by atoms with Crippen LogP contribution in [0.3, 0.4) is 0 Å². The molecule has 0 saturated heterocycles. The number of alkyl halides is 3. The van der Waals surface area contributed by atoms with Crippen molar-refractivity contribution in [2.75, 3.05) is 0 Å². The van der Waals surface area contributed by atoms with Gasteiger partial charge in [0.05, 0.1) is 11.7 Å². The molecule has 0 radical (unpaired) electrons. The Kier molecular flexibility index (Phi) is 5.26. The largest absolute Gasteiger partial charge is 0.433 e. The van der Waals surface area contributed by atoms with E-state index in [4.69, 9.17) is 0 Å². The van der Waals surface area contributed by atoms with Gasteiger partial charge in [-0.2, -0.15) is 18.3 Å². The Morgan fingerprint density at radius 1 is 1.29 bits per heavy atom. The molecule has 1 atom stereocenters. The van der Waals surface area contributed by atoms with Crippen LogP contribution in [0.25, 0.3) is 0 Å². The lowest BCUT2D eigenvalue weighted by Gasteiger charge is -2.11. The molecule has 148 valence electrons. The number of hydrogen-bond donors (Lipinski definition) is 3. The second kappa shape index (κ2) is 7.49. The molecule has 3 aromatic heterocycles. The summed E-state index contributed by atoms with van der Waals surface area (Å²) in [6.45, 7) is 5.50. The molecule has 3 aromatic rings. The first-order valence-corrected chi connectivity index (χ1v) is 8.67. The first-order chi connectivity index (χ1) is 13.1. The van der Waals surface area contributed by atoms with Gasteiger partial charge in [-0.05, 0) is 49.6 Å². The third kappa shape index (κ3) is 4.24. The van der Waals surface area contributed by atoms with Gasteiger partial charge >= 0.3 is 6.18 Å². The van der Waals surface area contributed by atoms with Crippen molar-refractivity contribution in [1.29, 1.82) is 0 Å². The second-order valence-corrected chi connectivity index (χ2v) is 6.71. The van der Waals surface area contributed by atoms with Crippen molar-refractivity contribution >= 4 is 5.91 Å². The van der Waals surface area contributed by atoms with Gasteiger partial charge in [0.25, 0.3) is 5.91 Å². The number of carbonyl (C=O) groups is 1. The van der Waals surface area contributed by atoms with Crippen molar-refractivity contribution in [3.8, 4) is 0 Å². The van der Waals surface area contributed by atoms with Crippen LogP contribution in [-0.2, 0) is 12.6 Å². The number of rotatable bonds is 5. The van der Waals surface area contributed by atoms with E-state index >= 15 is 0 Å². The van der Waals surface area contributed by atoms with Crippen molar-refractivity contribution in [3.63, 3.8) is 0 Å². The lowest BCUT2D eigenvalue weighted by molar-refractivity contribution is -0.141. The molecule has 0 aliphatic heterocycles. The molecule has 3 heterocycles. The van der Waals surface area contributed by atoms with Gasteiger partial charge in [0.1, 0.15) is 11.4 Å². The van der Waals surface area contributed by atoms with Gasteiger partial charge in [0.2, 0.25) is 0 Å². The molecule has 28 heavy (non-hydrogen) atoms. The number of nitrogens with zero attached hydrogens (tertiary/aromatic N) is 2. The Morgan fingerprint density at radius 2 is 2.04 bits per heavy atom. The highest BCUT2D eigenvalue weighted by molar-refractivity contribution is 5.94. The fourth-order valence-corrected chi connectivity index (χ4v) is 2.88. The zero-order chi connectivity index (χ0) is 20.5. The SMILES string of the molecule is Cc1cc(C(C)NC(=O)c2[nH]cc(Cc3ccc(C(F)(F)F)nc3)c2C)n[nH]1. The fraction of sp³-hybridized carbons (Fsp3) is 0.316. The number of pyridine rings is 1. The van der Waals surface area contributed by atoms with E-state index in [-0.39, 0.29) is 11.9 Å². The van der Waals surface area contributed by atoms with Gasteiger partial charge in [0.15, 0.2) is 0 Å². The molecule has 9 heteroatoms. The first-order valence-electron chi connectivity index (χ1n) is 8.67. The zero-order valence-electron chi connectivity index (χ0n) is 15.6. The number of aromatic nitrogens is 4. The number of hydrogen-bond acceptors (Lipinski definition) is 3. The van der Waals surface area contributed by atoms with E-state index in [1.54, 1.807) is 13.1 Å². The predicted octanol–water partition coefficient (Wildman–Crippen LogP) is 3.85. The number of carbonyl (C=O) groups excluding carboxylic acids is 1. The van der Waals surface area contributed by atoms with Gasteiger partial charge in [-0.1, -0.05) is 6.07 Å². The Morgan fingerprint density at radius 3 is 2.61 bits per heavy atom. The van der Waals surface area contributed by atoms with Crippen LogP contribution in [0.2, 0.25) is 0 Å². The molecule has 0 aromatic carbocycles. The molecule has 6 nitrogen and oxygen atoms in total. The molecule has 1 amide bonds. The Hall–Kier alpha value is -3.10. The van der Waals surface area contributed by atoms with Crippen molar-refractivity contribution < 1.29 is 18.0 Å². The van der Waals surface area contributed by atoms with E-state index in [0.29, 0.717) is 17.7 Å². The number of nitrogens with one attached hydrogen (secondary N) is 3. The molecular formula is C19H20F3N5O. The molecule has 3 N–H and O–H groups in total. The lowest BCUT2D eigenvalue weighted by Crippen LogP contribution is -2.27. The van der Waals surface area contributed by atoms with E-state index in [0.717, 1.165) is 28.6 Å². The first kappa shape index (κ1) is 19.7. The summed E-state index contributed by atoms with van der Waals surface area (Å²) < 4.78 is 37.8. The summed E-state index contributed by atoms with van der Waals surface area (Å²) in [4.78, 5) is 19.0. The van der Waals surface area contributed by atoms with Crippen molar-refractivity contribution in [1.82, 2.24) is 25.5 Å². The maximum atomic E-state index is 12.6. The van der Waals surface area contributed by atoms with Crippen LogP contribution in [0.1, 0.15) is 57.2 Å². The van der Waals surface area contributed by atoms with E-state index in [9.17, 15) is 18.0 Å². The summed E-state index contributed by atoms with van der Waals surface area (Å²) in [5.41, 5.74) is 3.30. The maximum absolute atomic E-state index is 12.6. The maximum Gasteiger partial charge on any atom is 0.433 e. The van der Waals surface area contributed by atoms with Gasteiger partial charge in [-0.25, -0.2) is 0 Å². The van der Waals surface area contributed by atoms with E-state index < -0.39 is 11.9 Å². The molecule has 0 aliphatic rings. The molecule has 1 unspecified atom stereocenters. The molecule has 0 aliphatic carbocycles. The van der Waals surface area contributed by atoms with Crippen LogP contribution < -0.4 is 5.32 Å². The number of amides is 1. The smallest absolute Gasteiger partial charge is 0.357 e. The third-order valence-electron chi connectivity index (χ3n) is 4.50. The number of H-pyrrole nitrogens is 2. The Labute approximate surface area is 159 Å². The normalized spacial score (nSPS) is 12.8. The summed E-state index contributed by atoms with van der Waals surface area (Å²) in [5.74, 6) is -0.276.